The summed E-state index contributed by atoms with van der Waals surface area (Å²) in [5.41, 5.74) is -13.6. The van der Waals surface area contributed by atoms with E-state index in [0.29, 0.717) is 12.4 Å². The number of hydrogen-bond donors (Lipinski definition) is 0. The lowest BCUT2D eigenvalue weighted by atomic mass is 9.12. The number of aromatic nitrogens is 2. The van der Waals surface area contributed by atoms with Gasteiger partial charge in [-0.3, -0.25) is 4.79 Å². The van der Waals surface area contributed by atoms with Gasteiger partial charge in [0.15, 0.2) is 76.0 Å². The average Bonchev–Trinajstić information content (AvgIpc) is 3.82. The van der Waals surface area contributed by atoms with Gasteiger partial charge in [0.25, 0.3) is 5.88 Å². The second-order valence-electron chi connectivity index (χ2n) is 14.2. The molecule has 66 heavy (non-hydrogen) atoms. The molecule has 5 aromatic carbocycles. The van der Waals surface area contributed by atoms with E-state index in [-0.39, 0.29) is 11.9 Å². The lowest BCUT2D eigenvalue weighted by molar-refractivity contribution is -0.684. The highest BCUT2D eigenvalue weighted by Gasteiger charge is 2.52. The Hall–Kier alpha value is -6.69. The second kappa shape index (κ2) is 18.7. The van der Waals surface area contributed by atoms with Crippen LogP contribution in [0.5, 0.6) is 5.88 Å². The maximum atomic E-state index is 15.4. The number of ether oxygens (including phenoxy) is 1. The zero-order chi connectivity index (χ0) is 48.8. The van der Waals surface area contributed by atoms with Crippen molar-refractivity contribution in [2.75, 3.05) is 0 Å². The minimum atomic E-state index is -7.22. The predicted molar refractivity (Wildman–Crippen MR) is 187 cm³/mol. The van der Waals surface area contributed by atoms with Gasteiger partial charge < -0.3 is 4.74 Å². The summed E-state index contributed by atoms with van der Waals surface area (Å²) in [6.45, 7) is 0.299. The Morgan fingerprint density at radius 2 is 0.788 bits per heavy atom. The van der Waals surface area contributed by atoms with Crippen LogP contribution in [0, 0.1) is 116 Å². The van der Waals surface area contributed by atoms with E-state index in [2.05, 4.69) is 4.98 Å². The van der Waals surface area contributed by atoms with Gasteiger partial charge >= 0.3 is 0 Å². The molecule has 0 radical (unpaired) electrons. The van der Waals surface area contributed by atoms with Crippen LogP contribution in [0.25, 0.3) is 0 Å². The Morgan fingerprint density at radius 3 is 1.11 bits per heavy atom. The molecule has 1 aromatic heterocycles. The van der Waals surface area contributed by atoms with E-state index in [0.717, 1.165) is 18.4 Å². The van der Waals surface area contributed by atoms with Crippen LogP contribution in [0.4, 0.5) is 87.8 Å². The van der Waals surface area contributed by atoms with Crippen LogP contribution in [0.3, 0.4) is 0 Å². The first-order chi connectivity index (χ1) is 31.0. The summed E-state index contributed by atoms with van der Waals surface area (Å²) in [5.74, 6) is -70.7. The second-order valence-corrected chi connectivity index (χ2v) is 14.2. The van der Waals surface area contributed by atoms with Crippen molar-refractivity contribution in [2.24, 2.45) is 0 Å². The number of carbonyl (C=O) groups is 1. The maximum Gasteiger partial charge on any atom is 0.280 e. The number of halogens is 20. The summed E-state index contributed by atoms with van der Waals surface area (Å²) in [7, 11) is 0. The Bertz CT molecular complexity index is 2530. The molecule has 6 aromatic rings. The third-order valence-electron chi connectivity index (χ3n) is 10.5. The smallest absolute Gasteiger partial charge is 0.280 e. The van der Waals surface area contributed by atoms with Crippen LogP contribution >= 0.6 is 0 Å². The van der Waals surface area contributed by atoms with Gasteiger partial charge in [-0.25, -0.2) is 92.8 Å². The normalized spacial score (nSPS) is 13.0. The monoisotopic (exact) mass is 962 g/mol. The Labute approximate surface area is 355 Å². The van der Waals surface area contributed by atoms with Gasteiger partial charge in [-0.1, -0.05) is 30.3 Å². The van der Waals surface area contributed by atoms with Crippen molar-refractivity contribution in [2.45, 2.75) is 38.3 Å². The Balaban J connectivity index is 0.000000284. The molecule has 0 spiro atoms. The molecule has 1 aliphatic rings. The van der Waals surface area contributed by atoms with Gasteiger partial charge in [-0.05, 0) is 25.7 Å². The van der Waals surface area contributed by atoms with Crippen molar-refractivity contribution in [1.29, 1.82) is 0 Å². The summed E-state index contributed by atoms with van der Waals surface area (Å²) in [4.78, 5) is 16.4. The fraction of sp³-hybridized carbons (Fsp3) is 0.146. The molecule has 7 rings (SSSR count). The molecule has 0 saturated heterocycles. The molecule has 0 bridgehead atoms. The van der Waals surface area contributed by atoms with E-state index in [1.165, 1.54) is 12.8 Å². The molecule has 4 nitrogen and oxygen atoms in total. The van der Waals surface area contributed by atoms with Gasteiger partial charge in [-0.15, -0.1) is 21.9 Å². The molecule has 0 aliphatic heterocycles. The molecule has 25 heteroatoms. The quantitative estimate of drug-likeness (QED) is 0.0366. The number of nitrogens with zero attached hydrogens (tertiary/aromatic N) is 2. The summed E-state index contributed by atoms with van der Waals surface area (Å²) >= 11 is 0. The molecule has 1 heterocycles. The third-order valence-corrected chi connectivity index (χ3v) is 10.5. The molecule has 1 fully saturated rings. The predicted octanol–water partition coefficient (Wildman–Crippen LogP) is 8.42. The highest BCUT2D eigenvalue weighted by molar-refractivity contribution is 7.20. The number of carbonyl (C=O) groups excluding carboxylic acids is 1. The third kappa shape index (κ3) is 8.04. The van der Waals surface area contributed by atoms with Crippen molar-refractivity contribution in [3.63, 3.8) is 0 Å². The van der Waals surface area contributed by atoms with Crippen LogP contribution in [-0.4, -0.2) is 23.0 Å². The van der Waals surface area contributed by atoms with Crippen LogP contribution < -0.4 is 31.2 Å². The van der Waals surface area contributed by atoms with Crippen molar-refractivity contribution >= 4 is 33.8 Å². The standard InChI is InChI=1S/C24BF20.C17H19N2O2/c26-5-1(6(27)14(35)21(42)13(5)34)25(2-7(28)15(36)22(43)16(37)8(2)29,3-9(30)17(38)23(44)18(39)10(3)31)4-11(32)19(40)24(45)20(41)12(4)33;20-16(14-6-2-1-3-7-14)12-19-11-10-18-17(13-19)21-15-8-4-5-9-15/h;1-3,6-7,10-11,13,15H,4-5,8-9,12H2/q-1;+1. The first-order valence-electron chi connectivity index (χ1n) is 18.3. The minimum Gasteiger partial charge on any atom is -0.470 e. The summed E-state index contributed by atoms with van der Waals surface area (Å²) in [5, 5.41) is 0. The molecule has 1 aliphatic carbocycles. The number of Topliss-reactive ketones (excluding diaryl/α,β-unsaturated/α-hetero) is 1. The zero-order valence-electron chi connectivity index (χ0n) is 32.1. The average molecular weight is 962 g/mol. The molecule has 0 N–H and O–H groups in total. The number of ketones is 1. The van der Waals surface area contributed by atoms with Gasteiger partial charge in [0.1, 0.15) is 58.8 Å². The van der Waals surface area contributed by atoms with E-state index >= 15 is 35.1 Å². The largest absolute Gasteiger partial charge is 0.470 e. The highest BCUT2D eigenvalue weighted by Crippen LogP contribution is 2.31. The van der Waals surface area contributed by atoms with Crippen LogP contribution in [0.15, 0.2) is 48.9 Å². The SMILES string of the molecule is Fc1c(F)c(F)c([B-](c2c(F)c(F)c(F)c(F)c2F)(c2c(F)c(F)c(F)c(F)c2F)c2c(F)c(F)c(F)c(F)c2F)c(F)c1F.O=C(C[n+]1ccnc(OC2CCCC2)c1)c1ccccc1. The number of rotatable bonds is 9. The number of benzene rings is 5. The lowest BCUT2D eigenvalue weighted by Gasteiger charge is -2.44. The van der Waals surface area contributed by atoms with Crippen molar-refractivity contribution in [1.82, 2.24) is 4.98 Å². The Morgan fingerprint density at radius 1 is 0.485 bits per heavy atom. The van der Waals surface area contributed by atoms with Gasteiger partial charge in [0, 0.05) is 5.56 Å². The topological polar surface area (TPSA) is 43.1 Å². The van der Waals surface area contributed by atoms with Gasteiger partial charge in [0.2, 0.25) is 18.5 Å². The van der Waals surface area contributed by atoms with Crippen molar-refractivity contribution in [3.05, 3.63) is 171 Å². The molecular weight excluding hydrogens is 943 g/mol. The summed E-state index contributed by atoms with van der Waals surface area (Å²) in [6, 6.07) is 9.32. The molecule has 0 amide bonds. The Kier molecular flexibility index (Phi) is 13.8. The fourth-order valence-electron chi connectivity index (χ4n) is 7.50. The first-order valence-corrected chi connectivity index (χ1v) is 18.3. The fourth-order valence-corrected chi connectivity index (χ4v) is 7.50. The van der Waals surface area contributed by atoms with Crippen LogP contribution in [0.1, 0.15) is 36.0 Å². The van der Waals surface area contributed by atoms with E-state index in [1.807, 2.05) is 34.9 Å². The van der Waals surface area contributed by atoms with Crippen LogP contribution in [0.2, 0.25) is 0 Å². The van der Waals surface area contributed by atoms with E-state index < -0.39 is 144 Å². The highest BCUT2D eigenvalue weighted by atomic mass is 19.2. The van der Waals surface area contributed by atoms with Crippen molar-refractivity contribution < 1.29 is 102 Å². The summed E-state index contributed by atoms with van der Waals surface area (Å²) < 4.78 is 302. The van der Waals surface area contributed by atoms with E-state index in [4.69, 9.17) is 4.74 Å². The summed E-state index contributed by atoms with van der Waals surface area (Å²) in [6.07, 6.45) is 2.99. The molecule has 1 saturated carbocycles. The van der Waals surface area contributed by atoms with Gasteiger partial charge in [-0.2, -0.15) is 4.57 Å². The minimum absolute atomic E-state index is 0.0821. The first kappa shape index (κ1) is 48.8. The molecule has 348 valence electrons. The molecule has 0 atom stereocenters. The lowest BCUT2D eigenvalue weighted by Crippen LogP contribution is -2.81. The van der Waals surface area contributed by atoms with Crippen LogP contribution in [-0.2, 0) is 6.54 Å². The zero-order valence-corrected chi connectivity index (χ0v) is 32.1. The van der Waals surface area contributed by atoms with E-state index in [1.54, 1.807) is 18.6 Å². The maximum absolute atomic E-state index is 15.4. The van der Waals surface area contributed by atoms with Gasteiger partial charge in [0.05, 0.1) is 6.20 Å². The number of hydrogen-bond acceptors (Lipinski definition) is 3. The molecular formula is C41H19BF20N2O2. The molecule has 0 unspecified atom stereocenters. The van der Waals surface area contributed by atoms with E-state index in [9.17, 15) is 57.5 Å². The van der Waals surface area contributed by atoms with Crippen molar-refractivity contribution in [3.8, 4) is 5.88 Å².